The van der Waals surface area contributed by atoms with Gasteiger partial charge in [0, 0.05) is 22.4 Å². The molecule has 0 aliphatic rings. The maximum Gasteiger partial charge on any atom is 0.169 e. The van der Waals surface area contributed by atoms with Crippen molar-refractivity contribution in [1.82, 2.24) is 4.98 Å². The Hall–Kier alpha value is -3.15. The second-order valence-electron chi connectivity index (χ2n) is 5.85. The monoisotopic (exact) mass is 354 g/mol. The molecule has 0 saturated carbocycles. The molecule has 0 atom stereocenters. The Morgan fingerprint density at radius 2 is 1.35 bits per heavy atom. The highest BCUT2D eigenvalue weighted by Crippen LogP contribution is 2.42. The number of aromatic nitrogens is 1. The normalized spacial score (nSPS) is 10.7. The van der Waals surface area contributed by atoms with Gasteiger partial charge in [-0.05, 0) is 36.8 Å². The van der Waals surface area contributed by atoms with Crippen LogP contribution in [0, 0.1) is 6.92 Å². The first-order valence-corrected chi connectivity index (χ1v) is 8.07. The second kappa shape index (κ2) is 7.00. The van der Waals surface area contributed by atoms with E-state index in [9.17, 15) is 0 Å². The van der Waals surface area contributed by atoms with E-state index in [1.807, 2.05) is 31.2 Å². The number of benzene rings is 2. The molecule has 0 spiro atoms. The van der Waals surface area contributed by atoms with Gasteiger partial charge in [0.2, 0.25) is 0 Å². The van der Waals surface area contributed by atoms with Crippen LogP contribution in [0.5, 0.6) is 23.0 Å². The van der Waals surface area contributed by atoms with Crippen molar-refractivity contribution < 1.29 is 18.9 Å². The van der Waals surface area contributed by atoms with E-state index in [0.29, 0.717) is 34.5 Å². The number of rotatable bonds is 5. The van der Waals surface area contributed by atoms with Gasteiger partial charge in [-0.25, -0.2) is 4.98 Å². The maximum absolute atomic E-state index is 6.25. The van der Waals surface area contributed by atoms with E-state index in [1.165, 1.54) is 0 Å². The number of hydrogen-bond acceptors (Lipinski definition) is 6. The number of fused-ring (bicyclic) bond motifs is 1. The van der Waals surface area contributed by atoms with E-state index >= 15 is 0 Å². The Labute approximate surface area is 152 Å². The van der Waals surface area contributed by atoms with Gasteiger partial charge in [0.05, 0.1) is 34.1 Å². The lowest BCUT2D eigenvalue weighted by molar-refractivity contribution is 0.356. The van der Waals surface area contributed by atoms with E-state index < -0.39 is 0 Å². The Kier molecular flexibility index (Phi) is 4.75. The average molecular weight is 354 g/mol. The lowest BCUT2D eigenvalue weighted by atomic mass is 10.0. The minimum Gasteiger partial charge on any atom is -0.497 e. The fraction of sp³-hybridized carbons (Fsp3) is 0.250. The minimum atomic E-state index is 0.420. The molecule has 0 aliphatic heterocycles. The molecule has 26 heavy (non-hydrogen) atoms. The molecule has 0 unspecified atom stereocenters. The molecule has 0 amide bonds. The number of methoxy groups -OCH3 is 4. The van der Waals surface area contributed by atoms with E-state index in [-0.39, 0.29) is 0 Å². The zero-order chi connectivity index (χ0) is 18.8. The third kappa shape index (κ3) is 2.94. The zero-order valence-corrected chi connectivity index (χ0v) is 15.5. The van der Waals surface area contributed by atoms with Crippen LogP contribution in [0.3, 0.4) is 0 Å². The number of nitrogen functional groups attached to an aromatic ring is 1. The Balaban J connectivity index is 2.31. The summed E-state index contributed by atoms with van der Waals surface area (Å²) in [6.07, 6.45) is 0. The molecule has 0 bridgehead atoms. The van der Waals surface area contributed by atoms with E-state index in [4.69, 9.17) is 24.7 Å². The van der Waals surface area contributed by atoms with Crippen LogP contribution in [0.2, 0.25) is 0 Å². The van der Waals surface area contributed by atoms with Crippen LogP contribution >= 0.6 is 0 Å². The molecule has 1 aromatic heterocycles. The number of nitrogens with two attached hydrogens (primary N) is 1. The van der Waals surface area contributed by atoms with Crippen molar-refractivity contribution in [2.24, 2.45) is 0 Å². The molecule has 0 saturated heterocycles. The first kappa shape index (κ1) is 17.7. The average Bonchev–Trinajstić information content (AvgIpc) is 2.66. The molecule has 0 fully saturated rings. The summed E-state index contributed by atoms with van der Waals surface area (Å²) in [6, 6.07) is 9.46. The summed E-state index contributed by atoms with van der Waals surface area (Å²) in [4.78, 5) is 4.56. The molecule has 2 N–H and O–H groups in total. The van der Waals surface area contributed by atoms with Gasteiger partial charge in [-0.1, -0.05) is 0 Å². The van der Waals surface area contributed by atoms with Crippen molar-refractivity contribution in [1.29, 1.82) is 0 Å². The molecule has 136 valence electrons. The molecule has 3 aromatic rings. The molecule has 2 aromatic carbocycles. The van der Waals surface area contributed by atoms with Crippen molar-refractivity contribution >= 4 is 16.6 Å². The predicted molar refractivity (Wildman–Crippen MR) is 103 cm³/mol. The van der Waals surface area contributed by atoms with Crippen LogP contribution in [0.25, 0.3) is 22.0 Å². The predicted octanol–water partition coefficient (Wildman–Crippen LogP) is 3.83. The Morgan fingerprint density at radius 3 is 1.88 bits per heavy atom. The minimum absolute atomic E-state index is 0.420. The molecular weight excluding hydrogens is 332 g/mol. The number of pyridine rings is 1. The van der Waals surface area contributed by atoms with E-state index in [1.54, 1.807) is 34.5 Å². The van der Waals surface area contributed by atoms with Gasteiger partial charge in [0.1, 0.15) is 17.3 Å². The molecule has 6 nitrogen and oxygen atoms in total. The van der Waals surface area contributed by atoms with Gasteiger partial charge in [0.15, 0.2) is 11.5 Å². The lowest BCUT2D eigenvalue weighted by Crippen LogP contribution is -2.00. The largest absolute Gasteiger partial charge is 0.497 e. The zero-order valence-electron chi connectivity index (χ0n) is 15.5. The number of anilines is 1. The topological polar surface area (TPSA) is 75.8 Å². The van der Waals surface area contributed by atoms with E-state index in [0.717, 1.165) is 21.9 Å². The number of hydrogen-bond donors (Lipinski definition) is 1. The summed E-state index contributed by atoms with van der Waals surface area (Å²) in [7, 11) is 6.45. The third-order valence-corrected chi connectivity index (χ3v) is 4.31. The van der Waals surface area contributed by atoms with Crippen LogP contribution in [0.1, 0.15) is 5.56 Å². The third-order valence-electron chi connectivity index (χ3n) is 4.31. The SMILES string of the molecule is COc1cc(OC)cc(-c2cc3c(OC)c(OC)c(C)cc3c(N)n2)c1. The van der Waals surface area contributed by atoms with Gasteiger partial charge in [0.25, 0.3) is 0 Å². The maximum atomic E-state index is 6.25. The van der Waals surface area contributed by atoms with Crippen LogP contribution in [0.15, 0.2) is 30.3 Å². The molecule has 6 heteroatoms. The van der Waals surface area contributed by atoms with Crippen molar-refractivity contribution in [3.8, 4) is 34.3 Å². The summed E-state index contributed by atoms with van der Waals surface area (Å²) in [6.45, 7) is 1.95. The fourth-order valence-electron chi connectivity index (χ4n) is 3.06. The fourth-order valence-corrected chi connectivity index (χ4v) is 3.06. The van der Waals surface area contributed by atoms with Crippen LogP contribution < -0.4 is 24.7 Å². The highest BCUT2D eigenvalue weighted by Gasteiger charge is 2.17. The van der Waals surface area contributed by atoms with Gasteiger partial charge in [-0.3, -0.25) is 0 Å². The summed E-state index contributed by atoms with van der Waals surface area (Å²) in [5, 5.41) is 1.65. The smallest absolute Gasteiger partial charge is 0.169 e. The summed E-state index contributed by atoms with van der Waals surface area (Å²) >= 11 is 0. The molecule has 3 rings (SSSR count). The van der Waals surface area contributed by atoms with Gasteiger partial charge < -0.3 is 24.7 Å². The highest BCUT2D eigenvalue weighted by molar-refractivity contribution is 6.00. The van der Waals surface area contributed by atoms with Crippen molar-refractivity contribution in [3.63, 3.8) is 0 Å². The number of aryl methyl sites for hydroxylation is 1. The summed E-state index contributed by atoms with van der Waals surface area (Å²) < 4.78 is 21.8. The first-order valence-electron chi connectivity index (χ1n) is 8.07. The number of ether oxygens (including phenoxy) is 4. The van der Waals surface area contributed by atoms with Crippen LogP contribution in [-0.2, 0) is 0 Å². The molecule has 0 radical (unpaired) electrons. The standard InChI is InChI=1S/C20H22N2O4/c1-11-6-16-15(19(26-5)18(11)25-4)10-17(22-20(16)21)12-7-13(23-2)9-14(8-12)24-3/h6-10H,1-5H3,(H2,21,22). The van der Waals surface area contributed by atoms with Gasteiger partial charge >= 0.3 is 0 Å². The molecule has 0 aliphatic carbocycles. The van der Waals surface area contributed by atoms with Gasteiger partial charge in [-0.15, -0.1) is 0 Å². The van der Waals surface area contributed by atoms with Crippen LogP contribution in [-0.4, -0.2) is 33.4 Å². The van der Waals surface area contributed by atoms with Crippen molar-refractivity contribution in [2.45, 2.75) is 6.92 Å². The number of nitrogens with zero attached hydrogens (tertiary/aromatic N) is 1. The Bertz CT molecular complexity index is 948. The summed E-state index contributed by atoms with van der Waals surface area (Å²) in [5.41, 5.74) is 8.70. The summed E-state index contributed by atoms with van der Waals surface area (Å²) in [5.74, 6) is 3.08. The lowest BCUT2D eigenvalue weighted by Gasteiger charge is -2.16. The Morgan fingerprint density at radius 1 is 0.731 bits per heavy atom. The first-order chi connectivity index (χ1) is 12.5. The quantitative estimate of drug-likeness (QED) is 0.750. The van der Waals surface area contributed by atoms with Crippen molar-refractivity contribution in [3.05, 3.63) is 35.9 Å². The second-order valence-corrected chi connectivity index (χ2v) is 5.85. The molecule has 1 heterocycles. The van der Waals surface area contributed by atoms with Crippen LogP contribution in [0.4, 0.5) is 5.82 Å². The van der Waals surface area contributed by atoms with Gasteiger partial charge in [-0.2, -0.15) is 0 Å². The van der Waals surface area contributed by atoms with Crippen molar-refractivity contribution in [2.75, 3.05) is 34.2 Å². The highest BCUT2D eigenvalue weighted by atomic mass is 16.5. The molecular formula is C20H22N2O4. The van der Waals surface area contributed by atoms with E-state index in [2.05, 4.69) is 4.98 Å².